The second kappa shape index (κ2) is 6.98. The zero-order valence-electron chi connectivity index (χ0n) is 13.0. The third-order valence-electron chi connectivity index (χ3n) is 3.35. The van der Waals surface area contributed by atoms with Crippen molar-refractivity contribution < 1.29 is 9.53 Å². The number of nitrogens with zero attached hydrogens (tertiary/aromatic N) is 2. The summed E-state index contributed by atoms with van der Waals surface area (Å²) in [7, 11) is 1.53. The van der Waals surface area contributed by atoms with Gasteiger partial charge in [-0.1, -0.05) is 17.7 Å². The number of nitrogens with one attached hydrogen (secondary N) is 1. The maximum atomic E-state index is 12.4. The van der Waals surface area contributed by atoms with E-state index >= 15 is 0 Å². The Morgan fingerprint density at radius 2 is 2.17 bits per heavy atom. The van der Waals surface area contributed by atoms with Crippen molar-refractivity contribution >= 4 is 34.5 Å². The molecule has 0 spiro atoms. The molecule has 1 N–H and O–H groups in total. The number of amides is 1. The summed E-state index contributed by atoms with van der Waals surface area (Å²) in [6, 6.07) is 9.01. The molecule has 5 nitrogen and oxygen atoms in total. The number of hydrogen-bond donors (Lipinski definition) is 1. The van der Waals surface area contributed by atoms with Crippen LogP contribution in [0.3, 0.4) is 0 Å². The van der Waals surface area contributed by atoms with Crippen LogP contribution in [0.25, 0.3) is 10.7 Å². The monoisotopic (exact) mass is 359 g/mol. The molecule has 0 fully saturated rings. The van der Waals surface area contributed by atoms with Crippen LogP contribution in [0.4, 0.5) is 5.69 Å². The number of thiazole rings is 1. The highest BCUT2D eigenvalue weighted by Crippen LogP contribution is 2.31. The van der Waals surface area contributed by atoms with E-state index in [-0.39, 0.29) is 5.91 Å². The number of aromatic nitrogens is 2. The van der Waals surface area contributed by atoms with Gasteiger partial charge in [0.25, 0.3) is 5.91 Å². The first kappa shape index (κ1) is 16.4. The van der Waals surface area contributed by atoms with Gasteiger partial charge in [-0.2, -0.15) is 0 Å². The lowest BCUT2D eigenvalue weighted by Gasteiger charge is -2.11. The number of carbonyl (C=O) groups is 1. The summed E-state index contributed by atoms with van der Waals surface area (Å²) in [6.45, 7) is 1.86. The van der Waals surface area contributed by atoms with Crippen molar-refractivity contribution in [2.75, 3.05) is 12.4 Å². The third kappa shape index (κ3) is 3.39. The van der Waals surface area contributed by atoms with Gasteiger partial charge in [0.2, 0.25) is 0 Å². The van der Waals surface area contributed by atoms with Gasteiger partial charge >= 0.3 is 0 Å². The average molecular weight is 360 g/mol. The number of carbonyl (C=O) groups excluding carboxylic acids is 1. The quantitative estimate of drug-likeness (QED) is 0.748. The smallest absolute Gasteiger partial charge is 0.275 e. The van der Waals surface area contributed by atoms with E-state index in [1.807, 2.05) is 25.1 Å². The molecule has 0 saturated carbocycles. The van der Waals surface area contributed by atoms with Crippen LogP contribution in [-0.2, 0) is 0 Å². The number of halogens is 1. The Balaban J connectivity index is 1.84. The molecule has 0 bridgehead atoms. The van der Waals surface area contributed by atoms with Crippen LogP contribution in [0.2, 0.25) is 5.02 Å². The summed E-state index contributed by atoms with van der Waals surface area (Å²) in [6.07, 6.45) is 1.69. The normalized spacial score (nSPS) is 10.5. The second-order valence-corrected chi connectivity index (χ2v) is 6.27. The average Bonchev–Trinajstić information content (AvgIpc) is 3.09. The van der Waals surface area contributed by atoms with E-state index in [9.17, 15) is 4.79 Å². The summed E-state index contributed by atoms with van der Waals surface area (Å²) in [4.78, 5) is 21.0. The van der Waals surface area contributed by atoms with Crippen LogP contribution in [0, 0.1) is 6.92 Å². The van der Waals surface area contributed by atoms with Gasteiger partial charge in [0, 0.05) is 22.7 Å². The van der Waals surface area contributed by atoms with E-state index in [1.165, 1.54) is 18.4 Å². The number of benzene rings is 1. The minimum absolute atomic E-state index is 0.312. The Bertz CT molecular complexity index is 881. The molecule has 0 atom stereocenters. The van der Waals surface area contributed by atoms with Gasteiger partial charge < -0.3 is 10.1 Å². The zero-order valence-corrected chi connectivity index (χ0v) is 14.6. The SMILES string of the molecule is COc1cc(Cl)c(C)cc1NC(=O)c1csc(-c2ccccn2)n1. The van der Waals surface area contributed by atoms with Crippen molar-refractivity contribution in [2.45, 2.75) is 6.92 Å². The first-order chi connectivity index (χ1) is 11.6. The van der Waals surface area contributed by atoms with Crippen LogP contribution < -0.4 is 10.1 Å². The fourth-order valence-electron chi connectivity index (χ4n) is 2.10. The minimum atomic E-state index is -0.312. The number of rotatable bonds is 4. The molecule has 0 radical (unpaired) electrons. The fraction of sp³-hybridized carbons (Fsp3) is 0.118. The van der Waals surface area contributed by atoms with Gasteiger partial charge in [-0.25, -0.2) is 4.98 Å². The van der Waals surface area contributed by atoms with Crippen LogP contribution in [-0.4, -0.2) is 23.0 Å². The minimum Gasteiger partial charge on any atom is -0.495 e. The van der Waals surface area contributed by atoms with Crippen LogP contribution in [0.1, 0.15) is 16.1 Å². The molecule has 1 amide bonds. The number of aryl methyl sites for hydroxylation is 1. The molecule has 0 aliphatic heterocycles. The Hall–Kier alpha value is -2.44. The van der Waals surface area contributed by atoms with Crippen molar-refractivity contribution in [3.63, 3.8) is 0 Å². The van der Waals surface area contributed by atoms with Crippen molar-refractivity contribution in [1.82, 2.24) is 9.97 Å². The van der Waals surface area contributed by atoms with Gasteiger partial charge in [-0.3, -0.25) is 9.78 Å². The van der Waals surface area contributed by atoms with Gasteiger partial charge in [0.05, 0.1) is 18.5 Å². The van der Waals surface area contributed by atoms with E-state index in [1.54, 1.807) is 23.7 Å². The third-order valence-corrected chi connectivity index (χ3v) is 4.62. The highest BCUT2D eigenvalue weighted by atomic mass is 35.5. The molecule has 1 aromatic carbocycles. The summed E-state index contributed by atoms with van der Waals surface area (Å²) < 4.78 is 5.27. The number of anilines is 1. The molecular weight excluding hydrogens is 346 g/mol. The van der Waals surface area contributed by atoms with Gasteiger partial charge in [-0.15, -0.1) is 11.3 Å². The van der Waals surface area contributed by atoms with Gasteiger partial charge in [0.15, 0.2) is 0 Å². The predicted octanol–water partition coefficient (Wildman–Crippen LogP) is 4.43. The Morgan fingerprint density at radius 3 is 2.88 bits per heavy atom. The molecule has 0 unspecified atom stereocenters. The van der Waals surface area contributed by atoms with Crippen molar-refractivity contribution in [2.24, 2.45) is 0 Å². The largest absolute Gasteiger partial charge is 0.495 e. The topological polar surface area (TPSA) is 64.1 Å². The molecule has 3 aromatic rings. The summed E-state index contributed by atoms with van der Waals surface area (Å²) in [5.41, 5.74) is 2.47. The molecule has 2 aromatic heterocycles. The summed E-state index contributed by atoms with van der Waals surface area (Å²) in [5.74, 6) is 0.188. The van der Waals surface area contributed by atoms with E-state index < -0.39 is 0 Å². The molecule has 24 heavy (non-hydrogen) atoms. The van der Waals surface area contributed by atoms with E-state index in [0.29, 0.717) is 27.2 Å². The number of methoxy groups -OCH3 is 1. The molecule has 2 heterocycles. The van der Waals surface area contributed by atoms with Crippen molar-refractivity contribution in [3.05, 3.63) is 58.2 Å². The van der Waals surface area contributed by atoms with Crippen molar-refractivity contribution in [3.8, 4) is 16.5 Å². The van der Waals surface area contributed by atoms with Gasteiger partial charge in [0.1, 0.15) is 16.5 Å². The standard InChI is InChI=1S/C17H14ClN3O2S/c1-10-7-13(15(23-2)8-11(10)18)20-16(22)14-9-24-17(21-14)12-5-3-4-6-19-12/h3-9H,1-2H3,(H,20,22). The molecular formula is C17H14ClN3O2S. The van der Waals surface area contributed by atoms with Crippen LogP contribution >= 0.6 is 22.9 Å². The Kier molecular flexibility index (Phi) is 4.78. The molecule has 7 heteroatoms. The maximum Gasteiger partial charge on any atom is 0.275 e. The Labute approximate surface area is 148 Å². The zero-order chi connectivity index (χ0) is 17.1. The van der Waals surface area contributed by atoms with E-state index in [2.05, 4.69) is 15.3 Å². The lowest BCUT2D eigenvalue weighted by Crippen LogP contribution is -2.13. The van der Waals surface area contributed by atoms with Gasteiger partial charge in [-0.05, 0) is 30.7 Å². The first-order valence-corrected chi connectivity index (χ1v) is 8.36. The molecule has 0 saturated heterocycles. The molecule has 3 rings (SSSR count). The molecule has 0 aliphatic carbocycles. The number of ether oxygens (including phenoxy) is 1. The highest BCUT2D eigenvalue weighted by Gasteiger charge is 2.15. The second-order valence-electron chi connectivity index (χ2n) is 5.01. The van der Waals surface area contributed by atoms with Crippen LogP contribution in [0.5, 0.6) is 5.75 Å². The van der Waals surface area contributed by atoms with E-state index in [4.69, 9.17) is 16.3 Å². The first-order valence-electron chi connectivity index (χ1n) is 7.11. The maximum absolute atomic E-state index is 12.4. The fourth-order valence-corrected chi connectivity index (χ4v) is 3.03. The molecule has 0 aliphatic rings. The number of hydrogen-bond acceptors (Lipinski definition) is 5. The summed E-state index contributed by atoms with van der Waals surface area (Å²) in [5, 5.41) is 5.79. The Morgan fingerprint density at radius 1 is 1.33 bits per heavy atom. The lowest BCUT2D eigenvalue weighted by atomic mass is 10.2. The predicted molar refractivity (Wildman–Crippen MR) is 96.0 cm³/mol. The van der Waals surface area contributed by atoms with Crippen LogP contribution in [0.15, 0.2) is 41.9 Å². The number of pyridine rings is 1. The lowest BCUT2D eigenvalue weighted by molar-refractivity contribution is 0.102. The highest BCUT2D eigenvalue weighted by molar-refractivity contribution is 7.13. The molecule has 122 valence electrons. The summed E-state index contributed by atoms with van der Waals surface area (Å²) >= 11 is 7.45. The van der Waals surface area contributed by atoms with Crippen molar-refractivity contribution in [1.29, 1.82) is 0 Å². The van der Waals surface area contributed by atoms with E-state index in [0.717, 1.165) is 11.3 Å².